The smallest absolute Gasteiger partial charge is 0.0249 e. The molecule has 1 aliphatic heterocycles. The Kier molecular flexibility index (Phi) is 3.45. The Balaban J connectivity index is 1.85. The van der Waals surface area contributed by atoms with Crippen molar-refractivity contribution in [3.63, 3.8) is 0 Å². The van der Waals surface area contributed by atoms with Crippen LogP contribution in [0.3, 0.4) is 0 Å². The third-order valence-electron chi connectivity index (χ3n) is 3.62. The Morgan fingerprint density at radius 3 is 2.79 bits per heavy atom. The van der Waals surface area contributed by atoms with Gasteiger partial charge in [-0.3, -0.25) is 4.90 Å². The summed E-state index contributed by atoms with van der Waals surface area (Å²) in [5.74, 6) is 1.02. The quantitative estimate of drug-likeness (QED) is 0.738. The van der Waals surface area contributed by atoms with Crippen molar-refractivity contribution in [2.75, 3.05) is 19.6 Å². The average Bonchev–Trinajstić information content (AvgIpc) is 2.98. The van der Waals surface area contributed by atoms with E-state index in [2.05, 4.69) is 24.1 Å². The number of nitrogens with one attached hydrogen (secondary N) is 1. The van der Waals surface area contributed by atoms with Crippen molar-refractivity contribution in [1.82, 2.24) is 10.2 Å². The second-order valence-corrected chi connectivity index (χ2v) is 5.06. The topological polar surface area (TPSA) is 15.3 Å². The minimum atomic E-state index is 0.696. The summed E-state index contributed by atoms with van der Waals surface area (Å²) in [4.78, 5) is 2.74. The zero-order valence-electron chi connectivity index (χ0n) is 9.63. The summed E-state index contributed by atoms with van der Waals surface area (Å²) in [6, 6.07) is 1.56. The van der Waals surface area contributed by atoms with Crippen molar-refractivity contribution in [2.45, 2.75) is 51.6 Å². The van der Waals surface area contributed by atoms with Gasteiger partial charge in [0.25, 0.3) is 0 Å². The molecule has 14 heavy (non-hydrogen) atoms. The van der Waals surface area contributed by atoms with Crippen molar-refractivity contribution < 1.29 is 0 Å². The molecule has 1 saturated heterocycles. The molecule has 0 aromatic heterocycles. The maximum absolute atomic E-state index is 3.62. The monoisotopic (exact) mass is 196 g/mol. The van der Waals surface area contributed by atoms with E-state index in [9.17, 15) is 0 Å². The van der Waals surface area contributed by atoms with Crippen molar-refractivity contribution in [2.24, 2.45) is 5.92 Å². The summed E-state index contributed by atoms with van der Waals surface area (Å²) in [6.07, 6.45) is 5.65. The fraction of sp³-hybridized carbons (Fsp3) is 1.00. The molecular formula is C12H24N2. The zero-order chi connectivity index (χ0) is 9.97. The zero-order valence-corrected chi connectivity index (χ0v) is 9.63. The first-order chi connectivity index (χ1) is 6.81. The Bertz CT molecular complexity index is 177. The Labute approximate surface area is 88.1 Å². The van der Waals surface area contributed by atoms with Crippen molar-refractivity contribution >= 4 is 0 Å². The lowest BCUT2D eigenvalue weighted by atomic mass is 10.1. The Hall–Kier alpha value is -0.0800. The predicted molar refractivity (Wildman–Crippen MR) is 60.5 cm³/mol. The van der Waals surface area contributed by atoms with Crippen LogP contribution in [0, 0.1) is 5.92 Å². The van der Waals surface area contributed by atoms with Gasteiger partial charge >= 0.3 is 0 Å². The molecule has 82 valence electrons. The van der Waals surface area contributed by atoms with Crippen molar-refractivity contribution in [1.29, 1.82) is 0 Å². The van der Waals surface area contributed by atoms with Gasteiger partial charge in [-0.15, -0.1) is 0 Å². The third-order valence-corrected chi connectivity index (χ3v) is 3.62. The summed E-state index contributed by atoms with van der Waals surface area (Å²) < 4.78 is 0. The molecule has 1 heterocycles. The van der Waals surface area contributed by atoms with Gasteiger partial charge in [0.05, 0.1) is 0 Å². The second-order valence-electron chi connectivity index (χ2n) is 5.06. The number of hydrogen-bond donors (Lipinski definition) is 1. The number of nitrogens with zero attached hydrogens (tertiary/aromatic N) is 1. The molecule has 1 saturated carbocycles. The molecule has 1 aliphatic carbocycles. The highest BCUT2D eigenvalue weighted by Gasteiger charge is 2.37. The lowest BCUT2D eigenvalue weighted by molar-refractivity contribution is 0.118. The van der Waals surface area contributed by atoms with Crippen LogP contribution in [0.1, 0.15) is 39.5 Å². The van der Waals surface area contributed by atoms with Gasteiger partial charge < -0.3 is 5.32 Å². The van der Waals surface area contributed by atoms with Gasteiger partial charge in [-0.1, -0.05) is 13.3 Å². The van der Waals surface area contributed by atoms with Crippen LogP contribution in [0.4, 0.5) is 0 Å². The molecule has 2 fully saturated rings. The van der Waals surface area contributed by atoms with Gasteiger partial charge in [0.2, 0.25) is 0 Å². The van der Waals surface area contributed by atoms with Crippen LogP contribution < -0.4 is 5.32 Å². The minimum absolute atomic E-state index is 0.696. The highest BCUT2D eigenvalue weighted by atomic mass is 15.2. The first-order valence-corrected chi connectivity index (χ1v) is 6.28. The number of unbranched alkanes of at least 4 members (excludes halogenated alkanes) is 1. The highest BCUT2D eigenvalue weighted by molar-refractivity contribution is 4.93. The molecule has 2 heteroatoms. The molecule has 2 aliphatic rings. The van der Waals surface area contributed by atoms with E-state index >= 15 is 0 Å². The van der Waals surface area contributed by atoms with E-state index in [0.717, 1.165) is 12.0 Å². The van der Waals surface area contributed by atoms with E-state index in [-0.39, 0.29) is 0 Å². The molecule has 2 nitrogen and oxygen atoms in total. The van der Waals surface area contributed by atoms with Crippen molar-refractivity contribution in [3.8, 4) is 0 Å². The van der Waals surface area contributed by atoms with Gasteiger partial charge in [0.1, 0.15) is 0 Å². The summed E-state index contributed by atoms with van der Waals surface area (Å²) >= 11 is 0. The molecule has 2 rings (SSSR count). The van der Waals surface area contributed by atoms with Gasteiger partial charge in [-0.05, 0) is 38.6 Å². The fourth-order valence-corrected chi connectivity index (χ4v) is 2.57. The lowest BCUT2D eigenvalue weighted by Crippen LogP contribution is -2.56. The van der Waals surface area contributed by atoms with E-state index in [1.54, 1.807) is 0 Å². The maximum Gasteiger partial charge on any atom is 0.0249 e. The Morgan fingerprint density at radius 1 is 1.36 bits per heavy atom. The summed E-state index contributed by atoms with van der Waals surface area (Å²) in [7, 11) is 0. The average molecular weight is 196 g/mol. The van der Waals surface area contributed by atoms with Crippen LogP contribution in [0.25, 0.3) is 0 Å². The molecule has 0 spiro atoms. The summed E-state index contributed by atoms with van der Waals surface area (Å²) in [6.45, 7) is 8.42. The van der Waals surface area contributed by atoms with E-state index in [1.165, 1.54) is 45.3 Å². The predicted octanol–water partition coefficient (Wildman–Crippen LogP) is 1.86. The maximum atomic E-state index is 3.62. The third kappa shape index (κ3) is 2.48. The second kappa shape index (κ2) is 4.63. The van der Waals surface area contributed by atoms with Gasteiger partial charge in [-0.2, -0.15) is 0 Å². The van der Waals surface area contributed by atoms with E-state index in [1.807, 2.05) is 0 Å². The highest BCUT2D eigenvalue weighted by Crippen LogP contribution is 2.36. The van der Waals surface area contributed by atoms with Gasteiger partial charge in [-0.25, -0.2) is 0 Å². The molecule has 0 aromatic carbocycles. The molecule has 0 bridgehead atoms. The number of rotatable bonds is 4. The normalized spacial score (nSPS) is 34.7. The first kappa shape index (κ1) is 10.4. The molecule has 2 atom stereocenters. The van der Waals surface area contributed by atoms with Crippen molar-refractivity contribution in [3.05, 3.63) is 0 Å². The Morgan fingerprint density at radius 2 is 2.14 bits per heavy atom. The molecular weight excluding hydrogens is 172 g/mol. The minimum Gasteiger partial charge on any atom is -0.311 e. The largest absolute Gasteiger partial charge is 0.311 e. The lowest BCUT2D eigenvalue weighted by Gasteiger charge is -2.39. The molecule has 1 N–H and O–H groups in total. The SMILES string of the molecule is CCCCN1CC(C)NCC1C1CC1. The van der Waals surface area contributed by atoms with Crippen LogP contribution >= 0.6 is 0 Å². The fourth-order valence-electron chi connectivity index (χ4n) is 2.57. The standard InChI is InChI=1S/C12H24N2/c1-3-4-7-14-9-10(2)13-8-12(14)11-5-6-11/h10-13H,3-9H2,1-2H3. The first-order valence-electron chi connectivity index (χ1n) is 6.28. The van der Waals surface area contributed by atoms with Gasteiger partial charge in [0, 0.05) is 25.2 Å². The molecule has 2 unspecified atom stereocenters. The molecule has 0 aromatic rings. The van der Waals surface area contributed by atoms with Crippen LogP contribution in [0.5, 0.6) is 0 Å². The van der Waals surface area contributed by atoms with Gasteiger partial charge in [0.15, 0.2) is 0 Å². The summed E-state index contributed by atoms with van der Waals surface area (Å²) in [5.41, 5.74) is 0. The van der Waals surface area contributed by atoms with E-state index in [4.69, 9.17) is 0 Å². The van der Waals surface area contributed by atoms with Crippen LogP contribution in [-0.4, -0.2) is 36.6 Å². The van der Waals surface area contributed by atoms with Crippen LogP contribution in [-0.2, 0) is 0 Å². The molecule has 0 amide bonds. The van der Waals surface area contributed by atoms with E-state index in [0.29, 0.717) is 6.04 Å². The summed E-state index contributed by atoms with van der Waals surface area (Å²) in [5, 5.41) is 3.62. The van der Waals surface area contributed by atoms with E-state index < -0.39 is 0 Å². The van der Waals surface area contributed by atoms with Crippen LogP contribution in [0.15, 0.2) is 0 Å². The number of piperazine rings is 1. The van der Waals surface area contributed by atoms with Crippen LogP contribution in [0.2, 0.25) is 0 Å². The number of hydrogen-bond acceptors (Lipinski definition) is 2. The molecule has 0 radical (unpaired) electrons.